The van der Waals surface area contributed by atoms with Crippen LogP contribution in [0.3, 0.4) is 0 Å². The molecule has 2 aromatic rings. The van der Waals surface area contributed by atoms with E-state index in [1.807, 2.05) is 19.3 Å². The number of hydrogen-bond acceptors (Lipinski definition) is 4. The van der Waals surface area contributed by atoms with E-state index >= 15 is 0 Å². The van der Waals surface area contributed by atoms with Crippen LogP contribution in [-0.4, -0.2) is 16.5 Å². The van der Waals surface area contributed by atoms with Gasteiger partial charge in [-0.2, -0.15) is 0 Å². The zero-order chi connectivity index (χ0) is 14.8. The highest BCUT2D eigenvalue weighted by Crippen LogP contribution is 2.35. The maximum atomic E-state index is 5.92. The Morgan fingerprint density at radius 3 is 2.71 bits per heavy atom. The van der Waals surface area contributed by atoms with Crippen molar-refractivity contribution in [3.8, 4) is 11.3 Å². The highest BCUT2D eigenvalue weighted by molar-refractivity contribution is 5.67. The van der Waals surface area contributed by atoms with E-state index in [2.05, 4.69) is 29.1 Å². The molecule has 0 atom stereocenters. The summed E-state index contributed by atoms with van der Waals surface area (Å²) >= 11 is 0. The minimum atomic E-state index is 0.592. The summed E-state index contributed by atoms with van der Waals surface area (Å²) in [7, 11) is 0. The Labute approximate surface area is 126 Å². The van der Waals surface area contributed by atoms with Crippen LogP contribution < -0.4 is 5.32 Å². The van der Waals surface area contributed by atoms with E-state index in [1.165, 1.54) is 18.4 Å². The summed E-state index contributed by atoms with van der Waals surface area (Å²) in [6.45, 7) is 7.29. The third-order valence-electron chi connectivity index (χ3n) is 3.95. The van der Waals surface area contributed by atoms with E-state index in [9.17, 15) is 0 Å². The van der Waals surface area contributed by atoms with Crippen molar-refractivity contribution in [2.24, 2.45) is 5.92 Å². The fraction of sp³-hybridized carbons (Fsp3) is 0.529. The molecule has 4 nitrogen and oxygen atoms in total. The highest BCUT2D eigenvalue weighted by Gasteiger charge is 2.22. The lowest BCUT2D eigenvalue weighted by Crippen LogP contribution is -2.09. The first-order chi connectivity index (χ1) is 10.1. The second-order valence-electron chi connectivity index (χ2n) is 6.20. The van der Waals surface area contributed by atoms with Gasteiger partial charge in [0.2, 0.25) is 0 Å². The topological polar surface area (TPSA) is 51.0 Å². The monoisotopic (exact) mass is 285 g/mol. The summed E-state index contributed by atoms with van der Waals surface area (Å²) in [6.07, 6.45) is 8.28. The van der Waals surface area contributed by atoms with Gasteiger partial charge in [0.15, 0.2) is 0 Å². The van der Waals surface area contributed by atoms with Crippen LogP contribution in [0.5, 0.6) is 0 Å². The first-order valence-corrected chi connectivity index (χ1v) is 7.82. The number of aromatic nitrogens is 2. The van der Waals surface area contributed by atoms with Gasteiger partial charge in [-0.05, 0) is 32.1 Å². The van der Waals surface area contributed by atoms with Crippen LogP contribution in [0, 0.1) is 12.8 Å². The molecule has 0 saturated carbocycles. The van der Waals surface area contributed by atoms with Gasteiger partial charge in [0.25, 0.3) is 0 Å². The average molecular weight is 285 g/mol. The molecular weight excluding hydrogens is 262 g/mol. The van der Waals surface area contributed by atoms with Crippen LogP contribution in [-0.2, 0) is 12.8 Å². The van der Waals surface area contributed by atoms with E-state index in [1.54, 1.807) is 0 Å². The standard InChI is InChI=1S/C17H23N3O/c1-11(2)8-19-16-10-18-14(9-20-16)17-12(3)21-15-7-5-4-6-13(15)17/h9-11H,4-8H2,1-3H3,(H,19,20). The number of anilines is 1. The van der Waals surface area contributed by atoms with Gasteiger partial charge in [0.05, 0.1) is 18.1 Å². The Hall–Kier alpha value is -1.84. The summed E-state index contributed by atoms with van der Waals surface area (Å²) in [5.74, 6) is 3.55. The van der Waals surface area contributed by atoms with Gasteiger partial charge in [-0.25, -0.2) is 4.98 Å². The highest BCUT2D eigenvalue weighted by atomic mass is 16.3. The number of furan rings is 1. The fourth-order valence-electron chi connectivity index (χ4n) is 2.90. The molecular formula is C17H23N3O. The van der Waals surface area contributed by atoms with Crippen LogP contribution in [0.1, 0.15) is 43.8 Å². The molecule has 0 radical (unpaired) electrons. The average Bonchev–Trinajstić information content (AvgIpc) is 2.81. The summed E-state index contributed by atoms with van der Waals surface area (Å²) in [4.78, 5) is 9.06. The number of fused-ring (bicyclic) bond motifs is 1. The Balaban J connectivity index is 1.86. The number of nitrogens with one attached hydrogen (secondary N) is 1. The Morgan fingerprint density at radius 2 is 2.00 bits per heavy atom. The van der Waals surface area contributed by atoms with Gasteiger partial charge in [-0.3, -0.25) is 4.98 Å². The van der Waals surface area contributed by atoms with Crippen LogP contribution in [0.2, 0.25) is 0 Å². The Kier molecular flexibility index (Phi) is 3.95. The van der Waals surface area contributed by atoms with Crippen LogP contribution >= 0.6 is 0 Å². The number of rotatable bonds is 4. The molecule has 0 spiro atoms. The molecule has 21 heavy (non-hydrogen) atoms. The smallest absolute Gasteiger partial charge is 0.144 e. The predicted octanol–water partition coefficient (Wildman–Crippen LogP) is 3.99. The molecule has 1 aliphatic rings. The maximum Gasteiger partial charge on any atom is 0.144 e. The molecule has 112 valence electrons. The van der Waals surface area contributed by atoms with Gasteiger partial charge in [0.1, 0.15) is 17.3 Å². The van der Waals surface area contributed by atoms with Crippen molar-refractivity contribution >= 4 is 5.82 Å². The second-order valence-corrected chi connectivity index (χ2v) is 6.20. The molecule has 1 aliphatic carbocycles. The van der Waals surface area contributed by atoms with Crippen molar-refractivity contribution in [3.63, 3.8) is 0 Å². The molecule has 3 rings (SSSR count). The van der Waals surface area contributed by atoms with Crippen LogP contribution in [0.15, 0.2) is 16.8 Å². The molecule has 0 saturated heterocycles. The first kappa shape index (κ1) is 14.1. The maximum absolute atomic E-state index is 5.92. The van der Waals surface area contributed by atoms with Crippen molar-refractivity contribution in [1.29, 1.82) is 0 Å². The first-order valence-electron chi connectivity index (χ1n) is 7.82. The lowest BCUT2D eigenvalue weighted by atomic mass is 9.93. The molecule has 1 N–H and O–H groups in total. The predicted molar refractivity (Wildman–Crippen MR) is 84.4 cm³/mol. The van der Waals surface area contributed by atoms with E-state index in [0.717, 1.165) is 48.0 Å². The lowest BCUT2D eigenvalue weighted by Gasteiger charge is -2.11. The van der Waals surface area contributed by atoms with E-state index in [4.69, 9.17) is 4.42 Å². The van der Waals surface area contributed by atoms with Crippen LogP contribution in [0.4, 0.5) is 5.82 Å². The largest absolute Gasteiger partial charge is 0.465 e. The van der Waals surface area contributed by atoms with Crippen molar-refractivity contribution < 1.29 is 4.42 Å². The second kappa shape index (κ2) is 5.88. The lowest BCUT2D eigenvalue weighted by molar-refractivity contribution is 0.458. The van der Waals surface area contributed by atoms with E-state index < -0.39 is 0 Å². The molecule has 2 aromatic heterocycles. The molecule has 0 aliphatic heterocycles. The van der Waals surface area contributed by atoms with E-state index in [0.29, 0.717) is 5.92 Å². The van der Waals surface area contributed by atoms with Crippen molar-refractivity contribution in [2.45, 2.75) is 46.5 Å². The van der Waals surface area contributed by atoms with Gasteiger partial charge >= 0.3 is 0 Å². The fourth-order valence-corrected chi connectivity index (χ4v) is 2.90. The SMILES string of the molecule is Cc1oc2c(c1-c1cnc(NCC(C)C)cn1)CCCC2. The molecule has 2 heterocycles. The number of aryl methyl sites for hydroxylation is 2. The molecule has 0 unspecified atom stereocenters. The zero-order valence-electron chi connectivity index (χ0n) is 13.1. The van der Waals surface area contributed by atoms with Crippen molar-refractivity contribution in [2.75, 3.05) is 11.9 Å². The van der Waals surface area contributed by atoms with Gasteiger partial charge in [-0.15, -0.1) is 0 Å². The quantitative estimate of drug-likeness (QED) is 0.922. The molecule has 4 heteroatoms. The number of hydrogen-bond donors (Lipinski definition) is 1. The summed E-state index contributed by atoms with van der Waals surface area (Å²) < 4.78 is 5.92. The summed E-state index contributed by atoms with van der Waals surface area (Å²) in [5.41, 5.74) is 3.43. The third kappa shape index (κ3) is 2.94. The molecule has 0 aromatic carbocycles. The number of nitrogens with zero attached hydrogens (tertiary/aromatic N) is 2. The van der Waals surface area contributed by atoms with E-state index in [-0.39, 0.29) is 0 Å². The summed E-state index contributed by atoms with van der Waals surface area (Å²) in [5, 5.41) is 3.30. The van der Waals surface area contributed by atoms with Gasteiger partial charge in [0, 0.05) is 24.1 Å². The normalized spacial score (nSPS) is 14.3. The van der Waals surface area contributed by atoms with Crippen LogP contribution in [0.25, 0.3) is 11.3 Å². The van der Waals surface area contributed by atoms with Crippen molar-refractivity contribution in [3.05, 3.63) is 29.5 Å². The summed E-state index contributed by atoms with van der Waals surface area (Å²) in [6, 6.07) is 0. The molecule has 0 fully saturated rings. The Morgan fingerprint density at radius 1 is 1.19 bits per heavy atom. The molecule has 0 amide bonds. The minimum Gasteiger partial charge on any atom is -0.465 e. The third-order valence-corrected chi connectivity index (χ3v) is 3.95. The Bertz CT molecular complexity index is 614. The minimum absolute atomic E-state index is 0.592. The van der Waals surface area contributed by atoms with Crippen molar-refractivity contribution in [1.82, 2.24) is 9.97 Å². The van der Waals surface area contributed by atoms with Gasteiger partial charge in [-0.1, -0.05) is 13.8 Å². The molecule has 0 bridgehead atoms. The van der Waals surface area contributed by atoms with Gasteiger partial charge < -0.3 is 9.73 Å². The zero-order valence-corrected chi connectivity index (χ0v) is 13.1.